The highest BCUT2D eigenvalue weighted by atomic mass is 32.2. The van der Waals surface area contributed by atoms with Crippen molar-refractivity contribution in [1.29, 1.82) is 0 Å². The number of halogens is 2. The van der Waals surface area contributed by atoms with Crippen molar-refractivity contribution >= 4 is 33.1 Å². The number of aromatic nitrogens is 2. The van der Waals surface area contributed by atoms with E-state index >= 15 is 0 Å². The number of carboxylic acid groups (broad SMARTS) is 1. The highest BCUT2D eigenvalue weighted by Gasteiger charge is 2.37. The number of carbonyl (C=O) groups is 2. The summed E-state index contributed by atoms with van der Waals surface area (Å²) in [5.41, 5.74) is 0.490. The fourth-order valence-corrected chi connectivity index (χ4v) is 5.47. The second kappa shape index (κ2) is 10.1. The number of nitrogens with zero attached hydrogens (tertiary/aromatic N) is 2. The van der Waals surface area contributed by atoms with E-state index in [1.165, 1.54) is 36.5 Å². The summed E-state index contributed by atoms with van der Waals surface area (Å²) in [5.74, 6) is -2.35. The molecule has 4 rings (SSSR count). The zero-order chi connectivity index (χ0) is 25.2. The normalized spacial score (nSPS) is 22.6. The van der Waals surface area contributed by atoms with E-state index in [2.05, 4.69) is 15.3 Å². The number of allylic oxidation sites excluding steroid dienone is 1. The number of ether oxygens (including phenoxy) is 1. The number of hydrogen-bond donors (Lipinski definition) is 2. The molecule has 2 aromatic rings. The molecular formula is C23H23F2N3O6S. The van der Waals surface area contributed by atoms with Crippen molar-refractivity contribution in [3.05, 3.63) is 48.3 Å². The molecule has 0 saturated heterocycles. The molecule has 1 aromatic carbocycles. The summed E-state index contributed by atoms with van der Waals surface area (Å²) in [7, 11) is -3.41. The molecule has 2 aliphatic carbocycles. The third kappa shape index (κ3) is 5.99. The first-order valence-corrected chi connectivity index (χ1v) is 12.5. The minimum absolute atomic E-state index is 0.0367. The molecule has 1 aromatic heterocycles. The average Bonchev–Trinajstić information content (AvgIpc) is 3.63. The van der Waals surface area contributed by atoms with E-state index in [-0.39, 0.29) is 40.3 Å². The van der Waals surface area contributed by atoms with Crippen molar-refractivity contribution in [3.63, 3.8) is 0 Å². The Bertz CT molecular complexity index is 1220. The molecule has 35 heavy (non-hydrogen) atoms. The van der Waals surface area contributed by atoms with Gasteiger partial charge in [0.05, 0.1) is 22.5 Å². The summed E-state index contributed by atoms with van der Waals surface area (Å²) in [6, 6.07) is 5.82. The van der Waals surface area contributed by atoms with Crippen LogP contribution in [0.15, 0.2) is 47.6 Å². The second-order valence-electron chi connectivity index (χ2n) is 8.49. The molecular weight excluding hydrogens is 484 g/mol. The Morgan fingerprint density at radius 2 is 1.74 bits per heavy atom. The van der Waals surface area contributed by atoms with Crippen LogP contribution in [0.5, 0.6) is 5.88 Å². The van der Waals surface area contributed by atoms with Gasteiger partial charge >= 0.3 is 5.97 Å². The van der Waals surface area contributed by atoms with Crippen molar-refractivity contribution in [2.75, 3.05) is 11.9 Å². The maximum absolute atomic E-state index is 13.7. The highest BCUT2D eigenvalue weighted by molar-refractivity contribution is 7.92. The fraction of sp³-hybridized carbons (Fsp3) is 0.391. The lowest BCUT2D eigenvalue weighted by Gasteiger charge is -2.12. The van der Waals surface area contributed by atoms with Crippen molar-refractivity contribution in [2.24, 2.45) is 5.92 Å². The maximum atomic E-state index is 13.7. The Hall–Kier alpha value is -3.41. The van der Waals surface area contributed by atoms with Gasteiger partial charge in [0, 0.05) is 5.57 Å². The van der Waals surface area contributed by atoms with Gasteiger partial charge in [0.1, 0.15) is 12.3 Å². The smallest absolute Gasteiger partial charge is 0.341 e. The molecule has 3 atom stereocenters. The van der Waals surface area contributed by atoms with Crippen LogP contribution in [0.4, 0.5) is 14.6 Å². The van der Waals surface area contributed by atoms with Crippen LogP contribution in [0, 0.1) is 5.92 Å². The van der Waals surface area contributed by atoms with Crippen LogP contribution in [0.3, 0.4) is 0 Å². The predicted molar refractivity (Wildman–Crippen MR) is 121 cm³/mol. The molecule has 2 fully saturated rings. The number of hydrogen-bond acceptors (Lipinski definition) is 7. The van der Waals surface area contributed by atoms with E-state index in [9.17, 15) is 26.8 Å². The minimum atomic E-state index is -3.41. The van der Waals surface area contributed by atoms with Crippen molar-refractivity contribution < 1.29 is 36.6 Å². The van der Waals surface area contributed by atoms with E-state index in [0.29, 0.717) is 18.4 Å². The average molecular weight is 508 g/mol. The number of nitrogens with one attached hydrogen (secondary N) is 1. The second-order valence-corrected chi connectivity index (χ2v) is 10.7. The topological polar surface area (TPSA) is 136 Å². The van der Waals surface area contributed by atoms with Crippen LogP contribution in [0.2, 0.25) is 0 Å². The summed E-state index contributed by atoms with van der Waals surface area (Å²) in [6.45, 7) is -0.605. The number of amides is 1. The Morgan fingerprint density at radius 1 is 1.09 bits per heavy atom. The number of carboxylic acids is 1. The van der Waals surface area contributed by atoms with E-state index in [4.69, 9.17) is 9.84 Å². The zero-order valence-corrected chi connectivity index (χ0v) is 19.2. The Morgan fingerprint density at radius 3 is 2.29 bits per heavy atom. The third-order valence-corrected chi connectivity index (χ3v) is 8.04. The van der Waals surface area contributed by atoms with E-state index in [1.807, 2.05) is 0 Å². The van der Waals surface area contributed by atoms with Gasteiger partial charge in [0.25, 0.3) is 5.91 Å². The lowest BCUT2D eigenvalue weighted by atomic mass is 9.98. The number of rotatable bonds is 9. The Kier molecular flexibility index (Phi) is 7.10. The molecule has 2 saturated carbocycles. The van der Waals surface area contributed by atoms with E-state index < -0.39 is 46.6 Å². The van der Waals surface area contributed by atoms with Gasteiger partial charge in [-0.1, -0.05) is 18.2 Å². The SMILES string of the molecule is O=C(O)COc1cnc(NC(=O)/C(=C/[C@H]2C[C@@H](F)[C@@H](F)C2)c2ccc(S(=O)(=O)C3CC3)cc2)cn1. The molecule has 0 aliphatic heterocycles. The van der Waals surface area contributed by atoms with Crippen molar-refractivity contribution in [3.8, 4) is 5.88 Å². The molecule has 0 spiro atoms. The van der Waals surface area contributed by atoms with Crippen LogP contribution < -0.4 is 10.1 Å². The van der Waals surface area contributed by atoms with Gasteiger partial charge in [0.15, 0.2) is 22.3 Å². The largest absolute Gasteiger partial charge is 0.479 e. The van der Waals surface area contributed by atoms with E-state index in [0.717, 1.165) is 6.20 Å². The van der Waals surface area contributed by atoms with Gasteiger partial charge in [-0.3, -0.25) is 4.79 Å². The first-order chi connectivity index (χ1) is 16.6. The van der Waals surface area contributed by atoms with Crippen LogP contribution in [0.1, 0.15) is 31.2 Å². The van der Waals surface area contributed by atoms with Gasteiger partial charge in [-0.05, 0) is 49.3 Å². The molecule has 1 amide bonds. The third-order valence-electron chi connectivity index (χ3n) is 5.77. The first-order valence-electron chi connectivity index (χ1n) is 11.0. The van der Waals surface area contributed by atoms with Crippen LogP contribution in [-0.4, -0.2) is 59.6 Å². The summed E-state index contributed by atoms with van der Waals surface area (Å²) in [5, 5.41) is 10.8. The number of sulfone groups is 1. The lowest BCUT2D eigenvalue weighted by molar-refractivity contribution is -0.139. The monoisotopic (exact) mass is 507 g/mol. The summed E-state index contributed by atoms with van der Waals surface area (Å²) in [6.07, 6.45) is 1.67. The molecule has 2 N–H and O–H groups in total. The van der Waals surface area contributed by atoms with Crippen molar-refractivity contribution in [2.45, 2.75) is 48.2 Å². The minimum Gasteiger partial charge on any atom is -0.479 e. The summed E-state index contributed by atoms with van der Waals surface area (Å²) < 4.78 is 57.3. The molecule has 2 aliphatic rings. The number of anilines is 1. The van der Waals surface area contributed by atoms with Crippen LogP contribution in [-0.2, 0) is 19.4 Å². The number of aliphatic carboxylic acids is 1. The van der Waals surface area contributed by atoms with Crippen LogP contribution in [0.25, 0.3) is 5.57 Å². The van der Waals surface area contributed by atoms with Gasteiger partial charge < -0.3 is 15.2 Å². The highest BCUT2D eigenvalue weighted by Crippen LogP contribution is 2.36. The number of benzene rings is 1. The lowest BCUT2D eigenvalue weighted by Crippen LogP contribution is -2.16. The molecule has 12 heteroatoms. The van der Waals surface area contributed by atoms with Gasteiger partial charge in [-0.2, -0.15) is 0 Å². The quantitative estimate of drug-likeness (QED) is 0.495. The van der Waals surface area contributed by atoms with Gasteiger partial charge in [-0.25, -0.2) is 32.0 Å². The first kappa shape index (κ1) is 24.7. The fourth-order valence-electron chi connectivity index (χ4n) is 3.81. The Labute approximate surface area is 200 Å². The number of alkyl halides is 2. The molecule has 0 radical (unpaired) electrons. The molecule has 186 valence electrons. The van der Waals surface area contributed by atoms with Crippen LogP contribution >= 0.6 is 0 Å². The zero-order valence-electron chi connectivity index (χ0n) is 18.4. The van der Waals surface area contributed by atoms with Crippen molar-refractivity contribution in [1.82, 2.24) is 9.97 Å². The number of carbonyl (C=O) groups excluding carboxylic acids is 1. The van der Waals surface area contributed by atoms with E-state index in [1.54, 1.807) is 0 Å². The van der Waals surface area contributed by atoms with Gasteiger partial charge in [0.2, 0.25) is 5.88 Å². The Balaban J connectivity index is 1.56. The van der Waals surface area contributed by atoms with Gasteiger partial charge in [-0.15, -0.1) is 0 Å². The molecule has 0 bridgehead atoms. The molecule has 9 nitrogen and oxygen atoms in total. The molecule has 0 unspecified atom stereocenters. The standard InChI is InChI=1S/C23H23F2N3O6S/c24-18-8-13(9-19(18)25)7-17(14-1-3-15(4-2-14)35(32,33)16-5-6-16)23(31)28-20-10-27-21(11-26-20)34-12-22(29)30/h1-4,7,10-11,13,16,18-19H,5-6,8-9,12H2,(H,29,30)(H,26,28,31)/b17-7+/t13-,18+,19-. The molecule has 1 heterocycles. The summed E-state index contributed by atoms with van der Waals surface area (Å²) >= 11 is 0. The predicted octanol–water partition coefficient (Wildman–Crippen LogP) is 2.98. The summed E-state index contributed by atoms with van der Waals surface area (Å²) in [4.78, 5) is 31.7. The maximum Gasteiger partial charge on any atom is 0.341 e.